The second-order valence-electron chi connectivity index (χ2n) is 6.03. The lowest BCUT2D eigenvalue weighted by Crippen LogP contribution is -2.69. The first-order valence-electron chi connectivity index (χ1n) is 7.66. The molecule has 3 unspecified atom stereocenters. The number of aliphatic hydroxyl groups is 2. The number of hydrogen-bond acceptors (Lipinski definition) is 10. The monoisotopic (exact) mass is 369 g/mol. The van der Waals surface area contributed by atoms with E-state index in [1.807, 2.05) is 11.9 Å². The highest BCUT2D eigenvalue weighted by atomic mass is 31.2. The fraction of sp³-hybridized carbons (Fsp3) is 1.00. The molecule has 0 bridgehead atoms. The van der Waals surface area contributed by atoms with Gasteiger partial charge in [0.25, 0.3) is 0 Å². The van der Waals surface area contributed by atoms with E-state index >= 15 is 0 Å². The minimum absolute atomic E-state index is 0.0158. The van der Waals surface area contributed by atoms with Gasteiger partial charge in [0.15, 0.2) is 0 Å². The van der Waals surface area contributed by atoms with E-state index in [0.29, 0.717) is 13.3 Å². The van der Waals surface area contributed by atoms with Crippen molar-refractivity contribution in [3.8, 4) is 0 Å². The molecule has 3 saturated heterocycles. The van der Waals surface area contributed by atoms with E-state index in [1.165, 1.54) is 0 Å². The molecule has 0 spiro atoms. The van der Waals surface area contributed by atoms with Gasteiger partial charge in [0, 0.05) is 6.67 Å². The third-order valence-corrected chi connectivity index (χ3v) is 5.07. The maximum atomic E-state index is 10.8. The van der Waals surface area contributed by atoms with Crippen LogP contribution in [0.2, 0.25) is 0 Å². The van der Waals surface area contributed by atoms with Crippen LogP contribution in [0, 0.1) is 0 Å². The lowest BCUT2D eigenvalue weighted by atomic mass is 10.1. The molecule has 12 nitrogen and oxygen atoms in total. The van der Waals surface area contributed by atoms with Crippen LogP contribution in [0.25, 0.3) is 0 Å². The highest BCUT2D eigenvalue weighted by Gasteiger charge is 2.52. The number of aliphatic hydroxyl groups excluding tert-OH is 2. The van der Waals surface area contributed by atoms with Crippen molar-refractivity contribution in [2.24, 2.45) is 0 Å². The second-order valence-corrected chi connectivity index (χ2v) is 7.27. The predicted molar refractivity (Wildman–Crippen MR) is 80.1 cm³/mol. The normalized spacial score (nSPS) is 44.0. The first-order chi connectivity index (χ1) is 11.3. The molecule has 0 saturated carbocycles. The van der Waals surface area contributed by atoms with E-state index in [4.69, 9.17) is 14.5 Å². The van der Waals surface area contributed by atoms with E-state index in [2.05, 4.69) is 25.8 Å². The van der Waals surface area contributed by atoms with Crippen LogP contribution in [0.15, 0.2) is 0 Å². The number of rotatable bonds is 5. The van der Waals surface area contributed by atoms with Crippen LogP contribution in [-0.2, 0) is 13.8 Å². The molecule has 3 rings (SSSR count). The van der Waals surface area contributed by atoms with E-state index in [-0.39, 0.29) is 18.4 Å². The van der Waals surface area contributed by atoms with Gasteiger partial charge in [-0.05, 0) is 7.05 Å². The van der Waals surface area contributed by atoms with Crippen LogP contribution < -0.4 is 21.3 Å². The molecular weight excluding hydrogens is 345 g/mol. The van der Waals surface area contributed by atoms with Crippen molar-refractivity contribution in [1.82, 2.24) is 26.2 Å². The summed E-state index contributed by atoms with van der Waals surface area (Å²) in [6.45, 7) is 0.464. The van der Waals surface area contributed by atoms with Crippen molar-refractivity contribution >= 4 is 7.82 Å². The Morgan fingerprint density at radius 1 is 1.29 bits per heavy atom. The molecule has 0 aliphatic carbocycles. The third-order valence-electron chi connectivity index (χ3n) is 4.58. The van der Waals surface area contributed by atoms with Crippen LogP contribution >= 0.6 is 7.82 Å². The fourth-order valence-corrected chi connectivity index (χ4v) is 3.75. The first-order valence-corrected chi connectivity index (χ1v) is 9.19. The third kappa shape index (κ3) is 3.65. The van der Waals surface area contributed by atoms with Crippen molar-refractivity contribution in [3.63, 3.8) is 0 Å². The Bertz CT molecular complexity index is 495. The van der Waals surface area contributed by atoms with Gasteiger partial charge in [-0.2, -0.15) is 0 Å². The van der Waals surface area contributed by atoms with Crippen molar-refractivity contribution in [3.05, 3.63) is 0 Å². The number of fused-ring (bicyclic) bond motifs is 1. The molecule has 3 fully saturated rings. The van der Waals surface area contributed by atoms with E-state index in [1.54, 1.807) is 0 Å². The van der Waals surface area contributed by atoms with Gasteiger partial charge in [0.1, 0.15) is 24.5 Å². The molecule has 24 heavy (non-hydrogen) atoms. The quantitative estimate of drug-likeness (QED) is 0.220. The Morgan fingerprint density at radius 3 is 2.71 bits per heavy atom. The van der Waals surface area contributed by atoms with Gasteiger partial charge >= 0.3 is 7.82 Å². The van der Waals surface area contributed by atoms with Crippen LogP contribution in [0.5, 0.6) is 0 Å². The zero-order valence-electron chi connectivity index (χ0n) is 13.1. The summed E-state index contributed by atoms with van der Waals surface area (Å²) in [4.78, 5) is 19.4. The summed E-state index contributed by atoms with van der Waals surface area (Å²) in [6, 6.07) is 0.0158. The van der Waals surface area contributed by atoms with Crippen molar-refractivity contribution in [2.75, 3.05) is 27.0 Å². The SMILES string of the molecule is CNC1NCNC2C1NCN2[C@@H]1O[C@H](COP(=O)(O)O)[C@@H](O)[C@H]1O. The average molecular weight is 369 g/mol. The smallest absolute Gasteiger partial charge is 0.387 e. The Labute approximate surface area is 138 Å². The van der Waals surface area contributed by atoms with Crippen molar-refractivity contribution < 1.29 is 33.8 Å². The molecule has 3 heterocycles. The fourth-order valence-electron chi connectivity index (χ4n) is 3.41. The Hall–Kier alpha value is -0.210. The van der Waals surface area contributed by atoms with Gasteiger partial charge in [-0.25, -0.2) is 9.46 Å². The largest absolute Gasteiger partial charge is 0.469 e. The number of ether oxygens (including phenoxy) is 1. The summed E-state index contributed by atoms with van der Waals surface area (Å²) in [7, 11) is -2.84. The van der Waals surface area contributed by atoms with E-state index in [0.717, 1.165) is 0 Å². The molecule has 3 aliphatic heterocycles. The topological polar surface area (TPSA) is 168 Å². The number of likely N-dealkylation sites (N-methyl/N-ethyl adjacent to an activating group) is 1. The predicted octanol–water partition coefficient (Wildman–Crippen LogP) is -4.20. The van der Waals surface area contributed by atoms with Crippen LogP contribution in [0.4, 0.5) is 0 Å². The Morgan fingerprint density at radius 2 is 2.04 bits per heavy atom. The van der Waals surface area contributed by atoms with Crippen LogP contribution in [0.1, 0.15) is 0 Å². The zero-order valence-corrected chi connectivity index (χ0v) is 14.0. The number of phosphoric acid groups is 1. The summed E-state index contributed by atoms with van der Waals surface area (Å²) >= 11 is 0. The average Bonchev–Trinajstić information content (AvgIpc) is 3.07. The summed E-state index contributed by atoms with van der Waals surface area (Å²) in [6.07, 6.45) is -4.49. The maximum Gasteiger partial charge on any atom is 0.469 e. The van der Waals surface area contributed by atoms with Crippen LogP contribution in [0.3, 0.4) is 0 Å². The minimum Gasteiger partial charge on any atom is -0.387 e. The Balaban J connectivity index is 1.65. The molecule has 140 valence electrons. The van der Waals surface area contributed by atoms with E-state index < -0.39 is 39.0 Å². The number of hydrogen-bond donors (Lipinski definition) is 8. The van der Waals surface area contributed by atoms with Gasteiger partial charge in [0.2, 0.25) is 0 Å². The number of nitrogens with zero attached hydrogens (tertiary/aromatic N) is 1. The highest BCUT2D eigenvalue weighted by Crippen LogP contribution is 2.37. The maximum absolute atomic E-state index is 10.8. The lowest BCUT2D eigenvalue weighted by Gasteiger charge is -2.39. The summed E-state index contributed by atoms with van der Waals surface area (Å²) in [5.41, 5.74) is 0. The van der Waals surface area contributed by atoms with Crippen molar-refractivity contribution in [1.29, 1.82) is 0 Å². The molecule has 7 atom stereocenters. The van der Waals surface area contributed by atoms with E-state index in [9.17, 15) is 14.8 Å². The molecule has 0 radical (unpaired) electrons. The number of phosphoric ester groups is 1. The molecular formula is C11H24N5O7P. The molecule has 3 aliphatic rings. The molecule has 0 aromatic carbocycles. The van der Waals surface area contributed by atoms with Gasteiger partial charge in [-0.15, -0.1) is 0 Å². The van der Waals surface area contributed by atoms with Gasteiger partial charge < -0.3 is 30.1 Å². The molecule has 0 aromatic heterocycles. The van der Waals surface area contributed by atoms with Gasteiger partial charge in [-0.1, -0.05) is 0 Å². The van der Waals surface area contributed by atoms with Crippen molar-refractivity contribution in [2.45, 2.75) is 42.9 Å². The Kier molecular flexibility index (Phi) is 5.57. The van der Waals surface area contributed by atoms with Gasteiger partial charge in [0.05, 0.1) is 31.6 Å². The lowest BCUT2D eigenvalue weighted by molar-refractivity contribution is -0.109. The van der Waals surface area contributed by atoms with Gasteiger partial charge in [-0.3, -0.25) is 20.5 Å². The molecule has 8 N–H and O–H groups in total. The second kappa shape index (κ2) is 7.19. The zero-order chi connectivity index (χ0) is 17.5. The molecule has 0 amide bonds. The standard InChI is InChI=1S/C11H24N5O7P/c1-12-9-6-10(14-3-13-9)16(4-15-6)11-8(18)7(17)5(23-11)2-22-24(19,20)21/h5-15,17-18H,2-4H2,1H3,(H2,19,20,21)/t5-,6?,7-,8-,9?,10?,11-/m1/s1. The van der Waals surface area contributed by atoms with Crippen LogP contribution in [-0.4, -0.2) is 94.8 Å². The number of nitrogens with one attached hydrogen (secondary N) is 4. The summed E-state index contributed by atoms with van der Waals surface area (Å²) in [5.74, 6) is 0. The highest BCUT2D eigenvalue weighted by molar-refractivity contribution is 7.46. The molecule has 13 heteroatoms. The minimum atomic E-state index is -4.67. The first kappa shape index (κ1) is 18.6. The summed E-state index contributed by atoms with van der Waals surface area (Å²) in [5, 5.41) is 33.3. The summed E-state index contributed by atoms with van der Waals surface area (Å²) < 4.78 is 20.8. The molecule has 0 aromatic rings.